The lowest BCUT2D eigenvalue weighted by Crippen LogP contribution is -2.46. The van der Waals surface area contributed by atoms with Crippen LogP contribution in [0.5, 0.6) is 0 Å². The molecule has 1 aliphatic heterocycles. The predicted molar refractivity (Wildman–Crippen MR) is 35.2 cm³/mol. The molecule has 1 fully saturated rings. The van der Waals surface area contributed by atoms with E-state index in [0.29, 0.717) is 0 Å². The molecule has 1 aliphatic rings. The molecule has 11 heavy (non-hydrogen) atoms. The van der Waals surface area contributed by atoms with Crippen LogP contribution in [0.1, 0.15) is 6.42 Å². The molecule has 0 aromatic rings. The zero-order valence-corrected chi connectivity index (χ0v) is 5.86. The van der Waals surface area contributed by atoms with Crippen molar-refractivity contribution < 1.29 is 19.8 Å². The Morgan fingerprint density at radius 2 is 2.27 bits per heavy atom. The number of carboxylic acid groups (broad SMARTS) is 1. The van der Waals surface area contributed by atoms with E-state index in [9.17, 15) is 9.59 Å². The lowest BCUT2D eigenvalue weighted by atomic mass is 10.1. The molecular weight excluding hydrogens is 150 g/mol. The fourth-order valence-corrected chi connectivity index (χ4v) is 0.987. The molecule has 1 heterocycles. The number of carbonyl (C=O) groups is 2. The maximum Gasteiger partial charge on any atom is 0.407 e. The van der Waals surface area contributed by atoms with E-state index in [-0.39, 0.29) is 25.3 Å². The Bertz CT molecular complexity index is 191. The second-order valence-corrected chi connectivity index (χ2v) is 2.46. The summed E-state index contributed by atoms with van der Waals surface area (Å²) in [6.45, 7) is 0.111. The van der Waals surface area contributed by atoms with Crippen molar-refractivity contribution >= 4 is 11.9 Å². The van der Waals surface area contributed by atoms with Gasteiger partial charge in [-0.1, -0.05) is 0 Å². The van der Waals surface area contributed by atoms with Crippen LogP contribution in [0.15, 0.2) is 0 Å². The summed E-state index contributed by atoms with van der Waals surface area (Å²) in [7, 11) is 0. The van der Waals surface area contributed by atoms with Crippen LogP contribution in [0.2, 0.25) is 0 Å². The smallest absolute Gasteiger partial charge is 0.407 e. The molecule has 2 N–H and O–H groups in total. The number of aliphatic hydroxyl groups is 1. The predicted octanol–water partition coefficient (Wildman–Crippen LogP) is -0.700. The minimum Gasteiger partial charge on any atom is -0.465 e. The summed E-state index contributed by atoms with van der Waals surface area (Å²) in [4.78, 5) is 22.0. The monoisotopic (exact) mass is 159 g/mol. The van der Waals surface area contributed by atoms with Crippen LogP contribution in [0.3, 0.4) is 0 Å². The standard InChI is InChI=1S/C6H9NO4/c8-4-1-2-7(6(10)11)3-5(4)9/h5,9H,1-3H2,(H,10,11). The molecular formula is C6H9NO4. The number of hydrogen-bond donors (Lipinski definition) is 2. The van der Waals surface area contributed by atoms with E-state index in [1.54, 1.807) is 0 Å². The summed E-state index contributed by atoms with van der Waals surface area (Å²) < 4.78 is 0. The Morgan fingerprint density at radius 3 is 2.73 bits per heavy atom. The van der Waals surface area contributed by atoms with Crippen molar-refractivity contribution in [2.45, 2.75) is 12.5 Å². The second kappa shape index (κ2) is 2.87. The number of ketones is 1. The van der Waals surface area contributed by atoms with Gasteiger partial charge >= 0.3 is 6.09 Å². The van der Waals surface area contributed by atoms with Gasteiger partial charge in [0.15, 0.2) is 5.78 Å². The quantitative estimate of drug-likeness (QED) is 0.490. The highest BCUT2D eigenvalue weighted by Crippen LogP contribution is 2.05. The molecule has 0 bridgehead atoms. The van der Waals surface area contributed by atoms with E-state index >= 15 is 0 Å². The highest BCUT2D eigenvalue weighted by atomic mass is 16.4. The van der Waals surface area contributed by atoms with Crippen molar-refractivity contribution in [3.05, 3.63) is 0 Å². The van der Waals surface area contributed by atoms with Crippen LogP contribution in [0.4, 0.5) is 4.79 Å². The van der Waals surface area contributed by atoms with Crippen LogP contribution in [0, 0.1) is 0 Å². The number of aliphatic hydroxyl groups excluding tert-OH is 1. The first kappa shape index (κ1) is 8.00. The van der Waals surface area contributed by atoms with Gasteiger partial charge in [-0.3, -0.25) is 4.79 Å². The van der Waals surface area contributed by atoms with Gasteiger partial charge in [-0.25, -0.2) is 4.79 Å². The average molecular weight is 159 g/mol. The third kappa shape index (κ3) is 1.68. The first-order chi connectivity index (χ1) is 5.11. The van der Waals surface area contributed by atoms with E-state index in [2.05, 4.69) is 0 Å². The Morgan fingerprint density at radius 1 is 1.64 bits per heavy atom. The van der Waals surface area contributed by atoms with Gasteiger partial charge in [0, 0.05) is 13.0 Å². The Hall–Kier alpha value is -1.10. The molecule has 5 heteroatoms. The maximum atomic E-state index is 10.7. The van der Waals surface area contributed by atoms with Crippen molar-refractivity contribution in [2.75, 3.05) is 13.1 Å². The molecule has 1 unspecified atom stereocenters. The number of likely N-dealkylation sites (tertiary alicyclic amines) is 1. The zero-order chi connectivity index (χ0) is 8.43. The minimum atomic E-state index is -1.13. The van der Waals surface area contributed by atoms with E-state index in [0.717, 1.165) is 4.90 Å². The number of rotatable bonds is 0. The van der Waals surface area contributed by atoms with Crippen molar-refractivity contribution in [1.29, 1.82) is 0 Å². The maximum absolute atomic E-state index is 10.7. The van der Waals surface area contributed by atoms with Crippen LogP contribution >= 0.6 is 0 Å². The number of amides is 1. The fourth-order valence-electron chi connectivity index (χ4n) is 0.987. The SMILES string of the molecule is O=C1CCN(C(=O)O)CC1O. The Kier molecular flexibility index (Phi) is 2.09. The van der Waals surface area contributed by atoms with Gasteiger partial charge in [0.05, 0.1) is 6.54 Å². The zero-order valence-electron chi connectivity index (χ0n) is 5.86. The van der Waals surface area contributed by atoms with Gasteiger partial charge in [-0.2, -0.15) is 0 Å². The summed E-state index contributed by atoms with van der Waals surface area (Å²) in [5.74, 6) is -0.275. The van der Waals surface area contributed by atoms with Crippen molar-refractivity contribution in [2.24, 2.45) is 0 Å². The highest BCUT2D eigenvalue weighted by molar-refractivity contribution is 5.85. The molecule has 0 aliphatic carbocycles. The lowest BCUT2D eigenvalue weighted by molar-refractivity contribution is -0.130. The number of carbonyl (C=O) groups excluding carboxylic acids is 1. The van der Waals surface area contributed by atoms with E-state index in [4.69, 9.17) is 10.2 Å². The summed E-state index contributed by atoms with van der Waals surface area (Å²) in [6, 6.07) is 0. The van der Waals surface area contributed by atoms with E-state index in [1.165, 1.54) is 0 Å². The minimum absolute atomic E-state index is 0.0891. The van der Waals surface area contributed by atoms with Gasteiger partial charge in [0.1, 0.15) is 6.10 Å². The van der Waals surface area contributed by atoms with Crippen molar-refractivity contribution in [3.8, 4) is 0 Å². The van der Waals surface area contributed by atoms with Crippen molar-refractivity contribution in [1.82, 2.24) is 4.90 Å². The first-order valence-corrected chi connectivity index (χ1v) is 3.30. The normalized spacial score (nSPS) is 25.4. The number of nitrogens with zero attached hydrogens (tertiary/aromatic N) is 1. The van der Waals surface area contributed by atoms with Crippen LogP contribution < -0.4 is 0 Å². The Balaban J connectivity index is 2.52. The molecule has 1 atom stereocenters. The molecule has 62 valence electrons. The average Bonchev–Trinajstić information content (AvgIpc) is 1.94. The molecule has 0 aromatic heterocycles. The summed E-state index contributed by atoms with van der Waals surface area (Å²) in [5, 5.41) is 17.4. The topological polar surface area (TPSA) is 77.8 Å². The molecule has 1 rings (SSSR count). The number of β-amino-alcohol motifs (C(OH)–C–C–N with tert-alkyl or cyclic N) is 1. The van der Waals surface area contributed by atoms with E-state index < -0.39 is 12.2 Å². The lowest BCUT2D eigenvalue weighted by Gasteiger charge is -2.26. The van der Waals surface area contributed by atoms with Crippen LogP contribution in [0.25, 0.3) is 0 Å². The molecule has 0 spiro atoms. The molecule has 1 amide bonds. The molecule has 0 saturated carbocycles. The summed E-state index contributed by atoms with van der Waals surface area (Å²) in [5.41, 5.74) is 0. The highest BCUT2D eigenvalue weighted by Gasteiger charge is 2.27. The third-order valence-electron chi connectivity index (χ3n) is 1.66. The number of Topliss-reactive ketones (excluding diaryl/α,β-unsaturated/α-hetero) is 1. The van der Waals surface area contributed by atoms with Gasteiger partial charge in [-0.05, 0) is 0 Å². The molecule has 5 nitrogen and oxygen atoms in total. The largest absolute Gasteiger partial charge is 0.465 e. The Labute approximate surface area is 63.2 Å². The van der Waals surface area contributed by atoms with Crippen molar-refractivity contribution in [3.63, 3.8) is 0 Å². The third-order valence-corrected chi connectivity index (χ3v) is 1.66. The molecule has 0 aromatic carbocycles. The second-order valence-electron chi connectivity index (χ2n) is 2.46. The molecule has 1 saturated heterocycles. The number of piperidine rings is 1. The summed E-state index contributed by atoms with van der Waals surface area (Å²) in [6.07, 6.45) is -2.09. The van der Waals surface area contributed by atoms with Crippen LogP contribution in [-0.2, 0) is 4.79 Å². The van der Waals surface area contributed by atoms with Gasteiger partial charge in [0.25, 0.3) is 0 Å². The van der Waals surface area contributed by atoms with Gasteiger partial charge in [-0.15, -0.1) is 0 Å². The van der Waals surface area contributed by atoms with Gasteiger partial charge in [0.2, 0.25) is 0 Å². The summed E-state index contributed by atoms with van der Waals surface area (Å²) >= 11 is 0. The van der Waals surface area contributed by atoms with Crippen LogP contribution in [-0.4, -0.2) is 46.2 Å². The van der Waals surface area contributed by atoms with E-state index in [1.807, 2.05) is 0 Å². The molecule has 0 radical (unpaired) electrons. The van der Waals surface area contributed by atoms with Gasteiger partial charge < -0.3 is 15.1 Å². The number of hydrogen-bond acceptors (Lipinski definition) is 3. The first-order valence-electron chi connectivity index (χ1n) is 3.30. The fraction of sp³-hybridized carbons (Fsp3) is 0.667.